The zero-order chi connectivity index (χ0) is 14.4. The molecular weight excluding hydrogens is 252 g/mol. The lowest BCUT2D eigenvalue weighted by molar-refractivity contribution is -0.385. The van der Waals surface area contributed by atoms with Crippen molar-refractivity contribution in [1.29, 1.82) is 0 Å². The van der Waals surface area contributed by atoms with E-state index >= 15 is 0 Å². The summed E-state index contributed by atoms with van der Waals surface area (Å²) in [5.74, 6) is -1.92. The Hall–Kier alpha value is -2.75. The van der Waals surface area contributed by atoms with Crippen molar-refractivity contribution in [2.75, 3.05) is 6.61 Å². The van der Waals surface area contributed by atoms with E-state index in [2.05, 4.69) is 9.58 Å². The molecule has 1 aromatic rings. The van der Waals surface area contributed by atoms with E-state index in [0.29, 0.717) is 0 Å². The molecule has 7 heteroatoms. The molecule has 0 radical (unpaired) electrons. The van der Waals surface area contributed by atoms with Gasteiger partial charge in [-0.15, -0.1) is 0 Å². The van der Waals surface area contributed by atoms with E-state index in [1.807, 2.05) is 0 Å². The van der Waals surface area contributed by atoms with Crippen LogP contribution in [0.5, 0.6) is 0 Å². The van der Waals surface area contributed by atoms with E-state index in [1.165, 1.54) is 12.1 Å². The Morgan fingerprint density at radius 2 is 2.16 bits per heavy atom. The van der Waals surface area contributed by atoms with E-state index in [4.69, 9.17) is 6.57 Å². The minimum atomic E-state index is -1.04. The van der Waals surface area contributed by atoms with Crippen molar-refractivity contribution >= 4 is 23.1 Å². The molecule has 1 aromatic carbocycles. The number of hydrogen-bond donors (Lipinski definition) is 0. The third kappa shape index (κ3) is 3.61. The summed E-state index contributed by atoms with van der Waals surface area (Å²) in [6.45, 7) is 8.43. The lowest BCUT2D eigenvalue weighted by Gasteiger charge is -2.03. The molecule has 0 amide bonds. The third-order valence-corrected chi connectivity index (χ3v) is 2.24. The fraction of sp³-hybridized carbons (Fsp3) is 0.250. The molecule has 0 spiro atoms. The molecule has 0 aliphatic heterocycles. The van der Waals surface area contributed by atoms with Crippen LogP contribution in [0.15, 0.2) is 18.2 Å². The first-order chi connectivity index (χ1) is 8.99. The maximum Gasteiger partial charge on any atom is 0.374 e. The maximum atomic E-state index is 11.5. The van der Waals surface area contributed by atoms with Gasteiger partial charge in [-0.2, -0.15) is 0 Å². The number of ketones is 1. The summed E-state index contributed by atoms with van der Waals surface area (Å²) < 4.78 is 4.51. The first-order valence-electron chi connectivity index (χ1n) is 5.34. The van der Waals surface area contributed by atoms with Gasteiger partial charge in [-0.1, -0.05) is 0 Å². The van der Waals surface area contributed by atoms with E-state index in [0.717, 1.165) is 6.07 Å². The molecular formula is C12H10N2O5. The molecule has 98 valence electrons. The van der Waals surface area contributed by atoms with Crippen LogP contribution in [0.1, 0.15) is 12.5 Å². The van der Waals surface area contributed by atoms with Gasteiger partial charge in [-0.3, -0.25) is 14.9 Å². The molecule has 0 unspecified atom stereocenters. The molecule has 0 heterocycles. The lowest BCUT2D eigenvalue weighted by atomic mass is 10.1. The summed E-state index contributed by atoms with van der Waals surface area (Å²) >= 11 is 0. The minimum Gasteiger partial charge on any atom is -0.460 e. The van der Waals surface area contributed by atoms with Crippen molar-refractivity contribution in [2.45, 2.75) is 13.3 Å². The van der Waals surface area contributed by atoms with Crippen molar-refractivity contribution in [3.8, 4) is 0 Å². The summed E-state index contributed by atoms with van der Waals surface area (Å²) in [5, 5.41) is 10.8. The van der Waals surface area contributed by atoms with E-state index < -0.39 is 23.1 Å². The predicted molar refractivity (Wildman–Crippen MR) is 64.7 cm³/mol. The fourth-order valence-corrected chi connectivity index (χ4v) is 1.42. The fourth-order valence-electron chi connectivity index (χ4n) is 1.42. The van der Waals surface area contributed by atoms with Crippen LogP contribution in [0.25, 0.3) is 4.85 Å². The number of nitro groups is 1. The van der Waals surface area contributed by atoms with Crippen molar-refractivity contribution < 1.29 is 19.2 Å². The van der Waals surface area contributed by atoms with Gasteiger partial charge in [0, 0.05) is 18.1 Å². The SMILES string of the molecule is [C-]#[N+]c1ccc([N+](=O)[O-])c(CC(=O)C(=O)OCC)c1. The molecule has 0 aliphatic rings. The molecule has 0 fully saturated rings. The quantitative estimate of drug-likeness (QED) is 0.265. The number of benzene rings is 1. The smallest absolute Gasteiger partial charge is 0.374 e. The van der Waals surface area contributed by atoms with Gasteiger partial charge >= 0.3 is 5.97 Å². The molecule has 0 saturated heterocycles. The van der Waals surface area contributed by atoms with E-state index in [1.54, 1.807) is 6.92 Å². The number of rotatable bonds is 5. The maximum absolute atomic E-state index is 11.5. The van der Waals surface area contributed by atoms with Gasteiger partial charge in [0.05, 0.1) is 18.1 Å². The largest absolute Gasteiger partial charge is 0.460 e. The van der Waals surface area contributed by atoms with Crippen LogP contribution < -0.4 is 0 Å². The second kappa shape index (κ2) is 6.26. The Morgan fingerprint density at radius 1 is 1.47 bits per heavy atom. The monoisotopic (exact) mass is 262 g/mol. The van der Waals surface area contributed by atoms with Crippen LogP contribution >= 0.6 is 0 Å². The lowest BCUT2D eigenvalue weighted by Crippen LogP contribution is -2.19. The van der Waals surface area contributed by atoms with Crippen molar-refractivity contribution in [2.24, 2.45) is 0 Å². The van der Waals surface area contributed by atoms with Gasteiger partial charge < -0.3 is 4.74 Å². The average molecular weight is 262 g/mol. The van der Waals surface area contributed by atoms with Gasteiger partial charge in [-0.05, 0) is 19.1 Å². The van der Waals surface area contributed by atoms with E-state index in [9.17, 15) is 19.7 Å². The van der Waals surface area contributed by atoms with E-state index in [-0.39, 0.29) is 23.5 Å². The van der Waals surface area contributed by atoms with Crippen LogP contribution in [-0.2, 0) is 20.7 Å². The third-order valence-electron chi connectivity index (χ3n) is 2.24. The van der Waals surface area contributed by atoms with Crippen LogP contribution in [0, 0.1) is 16.7 Å². The second-order valence-corrected chi connectivity index (χ2v) is 3.50. The summed E-state index contributed by atoms with van der Waals surface area (Å²) in [6.07, 6.45) is -0.460. The number of esters is 1. The summed E-state index contributed by atoms with van der Waals surface area (Å²) in [6, 6.07) is 3.65. The highest BCUT2D eigenvalue weighted by Crippen LogP contribution is 2.25. The zero-order valence-corrected chi connectivity index (χ0v) is 10.1. The molecule has 1 rings (SSSR count). The molecule has 0 aliphatic carbocycles. The Balaban J connectivity index is 3.05. The van der Waals surface area contributed by atoms with Crippen LogP contribution in [0.4, 0.5) is 11.4 Å². The topological polar surface area (TPSA) is 90.9 Å². The Morgan fingerprint density at radius 3 is 2.68 bits per heavy atom. The molecule has 0 saturated carbocycles. The highest BCUT2D eigenvalue weighted by atomic mass is 16.6. The Bertz CT molecular complexity index is 574. The normalized spacial score (nSPS) is 9.47. The van der Waals surface area contributed by atoms with Crippen molar-refractivity contribution in [3.63, 3.8) is 0 Å². The molecule has 0 atom stereocenters. The summed E-state index contributed by atoms with van der Waals surface area (Å²) in [5.41, 5.74) is -0.112. The van der Waals surface area contributed by atoms with Crippen molar-refractivity contribution in [3.05, 3.63) is 45.3 Å². The first kappa shape index (κ1) is 14.3. The number of hydrogen-bond acceptors (Lipinski definition) is 5. The predicted octanol–water partition coefficient (Wildman–Crippen LogP) is 1.82. The van der Waals surface area contributed by atoms with Crippen LogP contribution in [0.3, 0.4) is 0 Å². The van der Waals surface area contributed by atoms with Gasteiger partial charge in [0.2, 0.25) is 5.78 Å². The first-order valence-corrected chi connectivity index (χ1v) is 5.34. The van der Waals surface area contributed by atoms with Crippen LogP contribution in [0.2, 0.25) is 0 Å². The number of ether oxygens (including phenoxy) is 1. The number of nitro benzene ring substituents is 1. The van der Waals surface area contributed by atoms with Gasteiger partial charge in [0.25, 0.3) is 5.69 Å². The highest BCUT2D eigenvalue weighted by Gasteiger charge is 2.21. The molecule has 19 heavy (non-hydrogen) atoms. The van der Waals surface area contributed by atoms with Crippen LogP contribution in [-0.4, -0.2) is 23.3 Å². The molecule has 0 aromatic heterocycles. The van der Waals surface area contributed by atoms with Gasteiger partial charge in [0.15, 0.2) is 5.69 Å². The Labute approximate surface area is 108 Å². The second-order valence-electron chi connectivity index (χ2n) is 3.50. The van der Waals surface area contributed by atoms with Crippen molar-refractivity contribution in [1.82, 2.24) is 0 Å². The average Bonchev–Trinajstić information content (AvgIpc) is 2.38. The number of carbonyl (C=O) groups excluding carboxylic acids is 2. The number of carbonyl (C=O) groups is 2. The highest BCUT2D eigenvalue weighted by molar-refractivity contribution is 6.34. The molecule has 0 N–H and O–H groups in total. The number of Topliss-reactive ketones (excluding diaryl/α,β-unsaturated/α-hetero) is 1. The zero-order valence-electron chi connectivity index (χ0n) is 10.1. The Kier molecular flexibility index (Phi) is 4.71. The standard InChI is InChI=1S/C12H10N2O5/c1-3-19-12(16)11(15)7-8-6-9(13-2)4-5-10(8)14(17)18/h4-6H,3,7H2,1H3. The molecule has 0 bridgehead atoms. The molecule has 7 nitrogen and oxygen atoms in total. The summed E-state index contributed by atoms with van der Waals surface area (Å²) in [4.78, 5) is 35.9. The summed E-state index contributed by atoms with van der Waals surface area (Å²) in [7, 11) is 0. The minimum absolute atomic E-state index is 0.0246. The van der Waals surface area contributed by atoms with Gasteiger partial charge in [0.1, 0.15) is 0 Å². The number of nitrogens with zero attached hydrogens (tertiary/aromatic N) is 2. The van der Waals surface area contributed by atoms with Gasteiger partial charge in [-0.25, -0.2) is 9.64 Å².